The molecular formula is C20H28O. The van der Waals surface area contributed by atoms with Gasteiger partial charge in [-0.05, 0) is 47.1 Å². The van der Waals surface area contributed by atoms with Crippen LogP contribution in [-0.2, 0) is 6.42 Å². The van der Waals surface area contributed by atoms with Crippen molar-refractivity contribution >= 4 is 0 Å². The summed E-state index contributed by atoms with van der Waals surface area (Å²) in [5.41, 5.74) is 4.43. The molecule has 2 rings (SSSR count). The Morgan fingerprint density at radius 2 is 1.29 bits per heavy atom. The predicted molar refractivity (Wildman–Crippen MR) is 92.1 cm³/mol. The lowest BCUT2D eigenvalue weighted by Gasteiger charge is -2.13. The first-order valence-electron chi connectivity index (χ1n) is 7.81. The van der Waals surface area contributed by atoms with Crippen LogP contribution in [-0.4, -0.2) is 5.11 Å². The molecular weight excluding hydrogens is 256 g/mol. The molecule has 0 atom stereocenters. The summed E-state index contributed by atoms with van der Waals surface area (Å²) >= 11 is 0. The molecule has 0 aliphatic rings. The number of benzene rings is 2. The fourth-order valence-electron chi connectivity index (χ4n) is 2.04. The van der Waals surface area contributed by atoms with Gasteiger partial charge in [0, 0.05) is 0 Å². The van der Waals surface area contributed by atoms with Crippen LogP contribution in [0.3, 0.4) is 0 Å². The van der Waals surface area contributed by atoms with Gasteiger partial charge in [0.1, 0.15) is 5.75 Å². The molecule has 2 aromatic carbocycles. The standard InChI is InChI=1S/C14H22.C6H6O/c1-6-12-7-13(10(2)3)9-14(8-12)11(4)5;7-6-4-2-1-3-5-6/h7-11H,6H2,1-5H3;1-5,7H. The van der Waals surface area contributed by atoms with Crippen LogP contribution in [0.5, 0.6) is 5.75 Å². The fraction of sp³-hybridized carbons (Fsp3) is 0.400. The molecule has 114 valence electrons. The van der Waals surface area contributed by atoms with E-state index in [1.165, 1.54) is 16.7 Å². The van der Waals surface area contributed by atoms with Crippen molar-refractivity contribution in [2.75, 3.05) is 0 Å². The number of rotatable bonds is 3. The number of aryl methyl sites for hydroxylation is 1. The molecule has 0 saturated heterocycles. The van der Waals surface area contributed by atoms with Crippen molar-refractivity contribution in [2.45, 2.75) is 52.9 Å². The highest BCUT2D eigenvalue weighted by Gasteiger charge is 2.05. The van der Waals surface area contributed by atoms with Crippen LogP contribution in [0.2, 0.25) is 0 Å². The second-order valence-electron chi connectivity index (χ2n) is 6.01. The average molecular weight is 284 g/mol. The van der Waals surface area contributed by atoms with E-state index in [9.17, 15) is 0 Å². The Hall–Kier alpha value is -1.76. The van der Waals surface area contributed by atoms with Crippen LogP contribution in [0.25, 0.3) is 0 Å². The maximum Gasteiger partial charge on any atom is 0.115 e. The normalized spacial score (nSPS) is 10.4. The quantitative estimate of drug-likeness (QED) is 0.745. The summed E-state index contributed by atoms with van der Waals surface area (Å²) in [5.74, 6) is 1.60. The van der Waals surface area contributed by atoms with Gasteiger partial charge in [0.15, 0.2) is 0 Å². The third-order valence-electron chi connectivity index (χ3n) is 3.54. The monoisotopic (exact) mass is 284 g/mol. The van der Waals surface area contributed by atoms with Gasteiger partial charge in [-0.3, -0.25) is 0 Å². The summed E-state index contributed by atoms with van der Waals surface area (Å²) in [7, 11) is 0. The minimum absolute atomic E-state index is 0.322. The van der Waals surface area contributed by atoms with Gasteiger partial charge in [0.25, 0.3) is 0 Å². The zero-order valence-corrected chi connectivity index (χ0v) is 13.9. The highest BCUT2D eigenvalue weighted by atomic mass is 16.3. The van der Waals surface area contributed by atoms with Crippen molar-refractivity contribution in [3.63, 3.8) is 0 Å². The zero-order chi connectivity index (χ0) is 15.8. The Labute approximate surface area is 129 Å². The van der Waals surface area contributed by atoms with Gasteiger partial charge in [0.05, 0.1) is 0 Å². The highest BCUT2D eigenvalue weighted by molar-refractivity contribution is 5.33. The fourth-order valence-corrected chi connectivity index (χ4v) is 2.04. The molecule has 0 aliphatic heterocycles. The molecule has 0 aromatic heterocycles. The molecule has 0 unspecified atom stereocenters. The molecule has 21 heavy (non-hydrogen) atoms. The first-order chi connectivity index (χ1) is 9.93. The number of hydrogen-bond donors (Lipinski definition) is 1. The number of hydrogen-bond acceptors (Lipinski definition) is 1. The minimum Gasteiger partial charge on any atom is -0.508 e. The molecule has 0 heterocycles. The van der Waals surface area contributed by atoms with Crippen molar-refractivity contribution in [1.29, 1.82) is 0 Å². The Bertz CT molecular complexity index is 501. The Morgan fingerprint density at radius 3 is 1.57 bits per heavy atom. The first-order valence-corrected chi connectivity index (χ1v) is 7.81. The lowest BCUT2D eigenvalue weighted by atomic mass is 9.92. The van der Waals surface area contributed by atoms with E-state index < -0.39 is 0 Å². The summed E-state index contributed by atoms with van der Waals surface area (Å²) in [6, 6.07) is 15.8. The molecule has 0 amide bonds. The molecule has 0 bridgehead atoms. The molecule has 0 radical (unpaired) electrons. The van der Waals surface area contributed by atoms with E-state index in [4.69, 9.17) is 5.11 Å². The van der Waals surface area contributed by atoms with Gasteiger partial charge in [-0.15, -0.1) is 0 Å². The first kappa shape index (κ1) is 17.3. The van der Waals surface area contributed by atoms with Crippen LogP contribution < -0.4 is 0 Å². The number of para-hydroxylation sites is 1. The average Bonchev–Trinajstić information content (AvgIpc) is 2.48. The molecule has 2 aromatic rings. The van der Waals surface area contributed by atoms with Crippen molar-refractivity contribution in [2.24, 2.45) is 0 Å². The largest absolute Gasteiger partial charge is 0.508 e. The minimum atomic E-state index is 0.322. The second-order valence-corrected chi connectivity index (χ2v) is 6.01. The van der Waals surface area contributed by atoms with Gasteiger partial charge in [-0.2, -0.15) is 0 Å². The number of aromatic hydroxyl groups is 1. The molecule has 0 aliphatic carbocycles. The zero-order valence-electron chi connectivity index (χ0n) is 13.9. The maximum atomic E-state index is 8.63. The van der Waals surface area contributed by atoms with Gasteiger partial charge in [-0.1, -0.05) is 71.0 Å². The molecule has 1 heteroatoms. The van der Waals surface area contributed by atoms with Gasteiger partial charge >= 0.3 is 0 Å². The van der Waals surface area contributed by atoms with E-state index in [0.717, 1.165) is 6.42 Å². The summed E-state index contributed by atoms with van der Waals surface area (Å²) in [6.07, 6.45) is 1.14. The highest BCUT2D eigenvalue weighted by Crippen LogP contribution is 2.23. The van der Waals surface area contributed by atoms with Crippen molar-refractivity contribution in [1.82, 2.24) is 0 Å². The van der Waals surface area contributed by atoms with Gasteiger partial charge in [-0.25, -0.2) is 0 Å². The SMILES string of the molecule is CCc1cc(C(C)C)cc(C(C)C)c1.Oc1ccccc1. The van der Waals surface area contributed by atoms with Crippen LogP contribution in [0.1, 0.15) is 63.1 Å². The molecule has 1 nitrogen and oxygen atoms in total. The van der Waals surface area contributed by atoms with E-state index in [2.05, 4.69) is 52.8 Å². The predicted octanol–water partition coefficient (Wildman–Crippen LogP) is 5.89. The smallest absolute Gasteiger partial charge is 0.115 e. The molecule has 1 N–H and O–H groups in total. The second kappa shape index (κ2) is 8.51. The van der Waals surface area contributed by atoms with E-state index in [0.29, 0.717) is 17.6 Å². The lowest BCUT2D eigenvalue weighted by molar-refractivity contribution is 0.475. The summed E-state index contributed by atoms with van der Waals surface area (Å²) < 4.78 is 0. The van der Waals surface area contributed by atoms with E-state index in [1.54, 1.807) is 24.3 Å². The summed E-state index contributed by atoms with van der Waals surface area (Å²) in [5, 5.41) is 8.63. The van der Waals surface area contributed by atoms with E-state index >= 15 is 0 Å². The Kier molecular flexibility index (Phi) is 7.01. The van der Waals surface area contributed by atoms with Gasteiger partial charge < -0.3 is 5.11 Å². The molecule has 0 fully saturated rings. The Balaban J connectivity index is 0.000000262. The molecule has 0 saturated carbocycles. The topological polar surface area (TPSA) is 20.2 Å². The van der Waals surface area contributed by atoms with E-state index in [1.807, 2.05) is 6.07 Å². The van der Waals surface area contributed by atoms with Crippen LogP contribution in [0, 0.1) is 0 Å². The van der Waals surface area contributed by atoms with Crippen molar-refractivity contribution < 1.29 is 5.11 Å². The van der Waals surface area contributed by atoms with Crippen LogP contribution >= 0.6 is 0 Å². The lowest BCUT2D eigenvalue weighted by Crippen LogP contribution is -1.96. The maximum absolute atomic E-state index is 8.63. The third-order valence-corrected chi connectivity index (χ3v) is 3.54. The van der Waals surface area contributed by atoms with Crippen LogP contribution in [0.15, 0.2) is 48.5 Å². The van der Waals surface area contributed by atoms with Gasteiger partial charge in [0.2, 0.25) is 0 Å². The van der Waals surface area contributed by atoms with Crippen molar-refractivity contribution in [3.05, 3.63) is 65.2 Å². The number of phenolic OH excluding ortho intramolecular Hbond substituents is 1. The summed E-state index contributed by atoms with van der Waals surface area (Å²) in [4.78, 5) is 0. The summed E-state index contributed by atoms with van der Waals surface area (Å²) in [6.45, 7) is 11.3. The number of phenols is 1. The van der Waals surface area contributed by atoms with Crippen molar-refractivity contribution in [3.8, 4) is 5.75 Å². The third kappa shape index (κ3) is 6.03. The van der Waals surface area contributed by atoms with E-state index in [-0.39, 0.29) is 0 Å². The Morgan fingerprint density at radius 1 is 0.810 bits per heavy atom. The molecule has 0 spiro atoms. The van der Waals surface area contributed by atoms with Crippen LogP contribution in [0.4, 0.5) is 0 Å².